The monoisotopic (exact) mass is 492 g/mol. The first-order chi connectivity index (χ1) is 16.1. The van der Waals surface area contributed by atoms with Crippen molar-refractivity contribution < 1.29 is 43.2 Å². The lowest BCUT2D eigenvalue weighted by Crippen LogP contribution is -2.76. The number of rotatable bonds is 3. The van der Waals surface area contributed by atoms with Crippen LogP contribution in [0.15, 0.2) is 11.1 Å². The van der Waals surface area contributed by atoms with E-state index < -0.39 is 70.6 Å². The van der Waals surface area contributed by atoms with Crippen LogP contribution in [0.2, 0.25) is 0 Å². The van der Waals surface area contributed by atoms with Gasteiger partial charge in [-0.1, -0.05) is 20.8 Å². The molecule has 4 rings (SSSR count). The summed E-state index contributed by atoms with van der Waals surface area (Å²) in [6.07, 6.45) is -2.31. The molecule has 4 aliphatic rings. The van der Waals surface area contributed by atoms with Crippen molar-refractivity contribution >= 4 is 23.7 Å². The van der Waals surface area contributed by atoms with E-state index in [-0.39, 0.29) is 18.8 Å². The number of ether oxygens (including phenoxy) is 4. The maximum absolute atomic E-state index is 13.3. The van der Waals surface area contributed by atoms with Gasteiger partial charge in [0, 0.05) is 44.4 Å². The van der Waals surface area contributed by atoms with Crippen molar-refractivity contribution in [2.75, 3.05) is 6.61 Å². The summed E-state index contributed by atoms with van der Waals surface area (Å²) >= 11 is 0. The SMILES string of the molecule is CC(=O)O[C@@H]1[C@@H]2CC(=O)C(C)=C([C@@H](OC(C)=O)[C@H](OC(C)=O)[C@]3(C)CC[C@H]4OC[C@@]4(O)[C@@H]13)C2(C)C. The van der Waals surface area contributed by atoms with E-state index in [1.807, 2.05) is 20.8 Å². The minimum Gasteiger partial charge on any atom is -0.462 e. The summed E-state index contributed by atoms with van der Waals surface area (Å²) in [5, 5.41) is 11.9. The van der Waals surface area contributed by atoms with E-state index in [0.29, 0.717) is 24.0 Å². The van der Waals surface area contributed by atoms with Gasteiger partial charge < -0.3 is 24.1 Å². The number of hydrogen-bond donors (Lipinski definition) is 1. The third-order valence-electron chi connectivity index (χ3n) is 8.94. The van der Waals surface area contributed by atoms with Crippen LogP contribution in [0.25, 0.3) is 0 Å². The molecule has 0 unspecified atom stereocenters. The fraction of sp³-hybridized carbons (Fsp3) is 0.769. The fourth-order valence-corrected chi connectivity index (χ4v) is 7.44. The van der Waals surface area contributed by atoms with Gasteiger partial charge in [-0.3, -0.25) is 19.2 Å². The molecule has 1 N–H and O–H groups in total. The van der Waals surface area contributed by atoms with E-state index in [4.69, 9.17) is 18.9 Å². The quantitative estimate of drug-likeness (QED) is 0.466. The summed E-state index contributed by atoms with van der Waals surface area (Å²) in [4.78, 5) is 50.5. The van der Waals surface area contributed by atoms with Gasteiger partial charge in [0.25, 0.3) is 0 Å². The predicted molar refractivity (Wildman–Crippen MR) is 122 cm³/mol. The second-order valence-electron chi connectivity index (χ2n) is 11.4. The van der Waals surface area contributed by atoms with Crippen LogP contribution in [0.4, 0.5) is 0 Å². The van der Waals surface area contributed by atoms with E-state index in [1.165, 1.54) is 20.8 Å². The Morgan fingerprint density at radius 3 is 2.11 bits per heavy atom. The van der Waals surface area contributed by atoms with Crippen molar-refractivity contribution in [1.29, 1.82) is 0 Å². The molecule has 9 heteroatoms. The van der Waals surface area contributed by atoms with Crippen LogP contribution in [0, 0.1) is 22.7 Å². The van der Waals surface area contributed by atoms with Gasteiger partial charge in [0.15, 0.2) is 11.9 Å². The summed E-state index contributed by atoms with van der Waals surface area (Å²) in [5.41, 5.74) is -2.08. The maximum Gasteiger partial charge on any atom is 0.303 e. The van der Waals surface area contributed by atoms with Crippen LogP contribution in [0.3, 0.4) is 0 Å². The van der Waals surface area contributed by atoms with Crippen molar-refractivity contribution in [3.05, 3.63) is 11.1 Å². The number of ketones is 1. The van der Waals surface area contributed by atoms with Crippen molar-refractivity contribution in [3.63, 3.8) is 0 Å². The van der Waals surface area contributed by atoms with Crippen molar-refractivity contribution in [1.82, 2.24) is 0 Å². The number of carbonyl (C=O) groups is 4. The highest BCUT2D eigenvalue weighted by Crippen LogP contribution is 2.63. The van der Waals surface area contributed by atoms with Crippen molar-refractivity contribution in [3.8, 4) is 0 Å². The van der Waals surface area contributed by atoms with Gasteiger partial charge in [-0.05, 0) is 36.3 Å². The average molecular weight is 493 g/mol. The van der Waals surface area contributed by atoms with Crippen LogP contribution in [-0.4, -0.2) is 65.4 Å². The van der Waals surface area contributed by atoms with E-state index in [0.717, 1.165) is 0 Å². The molecule has 3 fully saturated rings. The average Bonchev–Trinajstić information content (AvgIpc) is 2.70. The zero-order chi connectivity index (χ0) is 26.1. The predicted octanol–water partition coefficient (Wildman–Crippen LogP) is 2.27. The van der Waals surface area contributed by atoms with E-state index in [2.05, 4.69) is 0 Å². The van der Waals surface area contributed by atoms with Crippen LogP contribution in [0.1, 0.15) is 67.7 Å². The largest absolute Gasteiger partial charge is 0.462 e. The molecule has 9 nitrogen and oxygen atoms in total. The topological polar surface area (TPSA) is 125 Å². The Morgan fingerprint density at radius 2 is 1.60 bits per heavy atom. The first-order valence-corrected chi connectivity index (χ1v) is 12.2. The summed E-state index contributed by atoms with van der Waals surface area (Å²) in [7, 11) is 0. The normalized spacial score (nSPS) is 41.9. The summed E-state index contributed by atoms with van der Waals surface area (Å²) < 4.78 is 23.5. The van der Waals surface area contributed by atoms with Crippen molar-refractivity contribution in [2.24, 2.45) is 22.7 Å². The zero-order valence-corrected chi connectivity index (χ0v) is 21.5. The molecule has 2 saturated carbocycles. The number of esters is 3. The Labute approximate surface area is 205 Å². The molecule has 0 spiro atoms. The first-order valence-electron chi connectivity index (χ1n) is 12.2. The fourth-order valence-electron chi connectivity index (χ4n) is 7.44. The maximum atomic E-state index is 13.3. The first kappa shape index (κ1) is 25.8. The second kappa shape index (κ2) is 8.40. The third kappa shape index (κ3) is 3.82. The molecule has 0 aromatic heterocycles. The Morgan fingerprint density at radius 1 is 1.00 bits per heavy atom. The molecule has 194 valence electrons. The van der Waals surface area contributed by atoms with Crippen LogP contribution in [-0.2, 0) is 38.1 Å². The highest BCUT2D eigenvalue weighted by atomic mass is 16.6. The van der Waals surface area contributed by atoms with E-state index >= 15 is 0 Å². The van der Waals surface area contributed by atoms with Crippen LogP contribution >= 0.6 is 0 Å². The molecular formula is C26H36O9. The van der Waals surface area contributed by atoms with Crippen LogP contribution < -0.4 is 0 Å². The third-order valence-corrected chi connectivity index (χ3v) is 8.94. The number of hydrogen-bond acceptors (Lipinski definition) is 9. The Hall–Kier alpha value is -2.26. The number of aliphatic hydroxyl groups is 1. The smallest absolute Gasteiger partial charge is 0.303 e. The highest BCUT2D eigenvalue weighted by Gasteiger charge is 2.71. The molecule has 0 amide bonds. The van der Waals surface area contributed by atoms with Gasteiger partial charge in [0.1, 0.15) is 17.8 Å². The molecule has 1 heterocycles. The Kier molecular flexibility index (Phi) is 6.20. The molecule has 0 aromatic rings. The minimum atomic E-state index is -1.36. The van der Waals surface area contributed by atoms with Gasteiger partial charge in [0.2, 0.25) is 0 Å². The number of allylic oxidation sites excluding steroid dienone is 1. The zero-order valence-electron chi connectivity index (χ0n) is 21.5. The van der Waals surface area contributed by atoms with Gasteiger partial charge in [-0.15, -0.1) is 0 Å². The van der Waals surface area contributed by atoms with Crippen LogP contribution in [0.5, 0.6) is 0 Å². The van der Waals surface area contributed by atoms with Gasteiger partial charge in [0.05, 0.1) is 12.7 Å². The Balaban J connectivity index is 2.05. The highest BCUT2D eigenvalue weighted by molar-refractivity contribution is 5.97. The molecule has 35 heavy (non-hydrogen) atoms. The van der Waals surface area contributed by atoms with Crippen molar-refractivity contribution in [2.45, 2.75) is 97.7 Å². The number of Topliss-reactive ketones (excluding diaryl/α,β-unsaturated/α-hetero) is 1. The molecule has 2 bridgehead atoms. The molecular weight excluding hydrogens is 456 g/mol. The summed E-state index contributed by atoms with van der Waals surface area (Å²) in [6, 6.07) is 0. The molecule has 1 saturated heterocycles. The molecule has 0 radical (unpaired) electrons. The van der Waals surface area contributed by atoms with E-state index in [1.54, 1.807) is 6.92 Å². The number of fused-ring (bicyclic) bond motifs is 5. The second-order valence-corrected chi connectivity index (χ2v) is 11.4. The summed E-state index contributed by atoms with van der Waals surface area (Å²) in [5.74, 6) is -3.07. The lowest BCUT2D eigenvalue weighted by Gasteiger charge is -2.65. The number of carbonyl (C=O) groups excluding carboxylic acids is 4. The van der Waals surface area contributed by atoms with Gasteiger partial charge in [-0.25, -0.2) is 0 Å². The van der Waals surface area contributed by atoms with Gasteiger partial charge >= 0.3 is 17.9 Å². The minimum absolute atomic E-state index is 0.0313. The standard InChI is InChI=1S/C26H36O9/c1-12-17(30)10-16-20(33-13(2)27)22-25(7,9-8-18-26(22,31)11-32-18)23(35-15(4)29)21(34-14(3)28)19(12)24(16,5)6/h16,18,20-23,31H,8-11H2,1-7H3/t16-,18+,20+,21+,22-,23-,25+,26-/m0/s1. The summed E-state index contributed by atoms with van der Waals surface area (Å²) in [6.45, 7) is 11.3. The lowest BCUT2D eigenvalue weighted by molar-refractivity contribution is -0.334. The Bertz CT molecular complexity index is 997. The molecule has 0 aromatic carbocycles. The lowest BCUT2D eigenvalue weighted by atomic mass is 9.46. The van der Waals surface area contributed by atoms with Gasteiger partial charge in [-0.2, -0.15) is 0 Å². The van der Waals surface area contributed by atoms with E-state index in [9.17, 15) is 24.3 Å². The molecule has 8 atom stereocenters. The molecule has 3 aliphatic carbocycles. The molecule has 1 aliphatic heterocycles.